The van der Waals surface area contributed by atoms with E-state index in [1.807, 2.05) is 6.07 Å². The van der Waals surface area contributed by atoms with Crippen molar-refractivity contribution in [1.82, 2.24) is 0 Å². The Morgan fingerprint density at radius 3 is 3.00 bits per heavy atom. The fourth-order valence-corrected chi connectivity index (χ4v) is 3.67. The minimum absolute atomic E-state index is 0.104. The van der Waals surface area contributed by atoms with Gasteiger partial charge in [-0.1, -0.05) is 18.5 Å². The second-order valence-electron chi connectivity index (χ2n) is 5.16. The molecule has 0 fully saturated rings. The lowest BCUT2D eigenvalue weighted by atomic mass is 10.1. The average Bonchev–Trinajstić information content (AvgIpc) is 2.54. The average molecular weight is 358 g/mol. The van der Waals surface area contributed by atoms with Gasteiger partial charge in [0.15, 0.2) is 5.44 Å². The molecule has 7 heteroatoms. The van der Waals surface area contributed by atoms with E-state index in [9.17, 15) is 4.79 Å². The summed E-state index contributed by atoms with van der Waals surface area (Å²) in [7, 11) is 1.58. The summed E-state index contributed by atoms with van der Waals surface area (Å²) in [6.45, 7) is 2.74. The van der Waals surface area contributed by atoms with Gasteiger partial charge in [0.1, 0.15) is 5.75 Å². The first-order valence-corrected chi connectivity index (χ1v) is 8.86. The number of hydrogen-bond acceptors (Lipinski definition) is 5. The Labute approximate surface area is 145 Å². The van der Waals surface area contributed by atoms with E-state index in [0.29, 0.717) is 29.0 Å². The minimum Gasteiger partial charge on any atom is -0.496 e. The molecule has 1 aliphatic heterocycles. The number of ether oxygens (including phenoxy) is 2. The van der Waals surface area contributed by atoms with Crippen molar-refractivity contribution in [2.45, 2.75) is 25.2 Å². The third kappa shape index (κ3) is 4.78. The number of hydrogen-bond donors (Lipinski definition) is 1. The number of carbonyl (C=O) groups is 1. The molecule has 0 aromatic heterocycles. The lowest BCUT2D eigenvalue weighted by Gasteiger charge is -2.30. The maximum Gasteiger partial charge on any atom is 0.304 e. The molecule has 2 atom stereocenters. The Morgan fingerprint density at radius 2 is 2.35 bits per heavy atom. The molecule has 0 saturated carbocycles. The van der Waals surface area contributed by atoms with Crippen molar-refractivity contribution in [2.75, 3.05) is 19.4 Å². The van der Waals surface area contributed by atoms with E-state index >= 15 is 0 Å². The summed E-state index contributed by atoms with van der Waals surface area (Å²) in [5, 5.41) is 9.37. The molecular weight excluding hydrogens is 338 g/mol. The number of benzene rings is 1. The van der Waals surface area contributed by atoms with Crippen LogP contribution in [0.15, 0.2) is 23.2 Å². The summed E-state index contributed by atoms with van der Waals surface area (Å²) in [6, 6.07) is 5.32. The van der Waals surface area contributed by atoms with Gasteiger partial charge < -0.3 is 14.6 Å². The molecule has 0 saturated heterocycles. The first-order chi connectivity index (χ1) is 11.0. The SMILES string of the molecule is CCC1CN=C(c2ccc(Cl)cc2OC)OC1SCCC(=O)O. The zero-order chi connectivity index (χ0) is 16.8. The van der Waals surface area contributed by atoms with Gasteiger partial charge in [0.25, 0.3) is 0 Å². The number of aliphatic imine (C=N–C) groups is 1. The Morgan fingerprint density at radius 1 is 1.57 bits per heavy atom. The van der Waals surface area contributed by atoms with Crippen LogP contribution in [0.4, 0.5) is 0 Å². The van der Waals surface area contributed by atoms with E-state index in [0.717, 1.165) is 12.0 Å². The van der Waals surface area contributed by atoms with Crippen LogP contribution in [0.5, 0.6) is 5.75 Å². The third-order valence-corrected chi connectivity index (χ3v) is 5.08. The van der Waals surface area contributed by atoms with Crippen LogP contribution in [0.3, 0.4) is 0 Å². The molecule has 0 bridgehead atoms. The van der Waals surface area contributed by atoms with Gasteiger partial charge in [-0.05, 0) is 24.6 Å². The Balaban J connectivity index is 2.14. The van der Waals surface area contributed by atoms with E-state index in [4.69, 9.17) is 26.2 Å². The molecule has 1 heterocycles. The van der Waals surface area contributed by atoms with E-state index in [2.05, 4.69) is 11.9 Å². The summed E-state index contributed by atoms with van der Waals surface area (Å²) in [6.07, 6.45) is 1.05. The molecule has 2 rings (SSSR count). The molecule has 1 aliphatic rings. The quantitative estimate of drug-likeness (QED) is 0.806. The van der Waals surface area contributed by atoms with Crippen LogP contribution in [0.25, 0.3) is 0 Å². The van der Waals surface area contributed by atoms with Crippen LogP contribution in [-0.2, 0) is 9.53 Å². The monoisotopic (exact) mass is 357 g/mol. The molecule has 5 nitrogen and oxygen atoms in total. The topological polar surface area (TPSA) is 68.1 Å². The molecule has 23 heavy (non-hydrogen) atoms. The molecule has 1 aromatic carbocycles. The number of halogens is 1. The van der Waals surface area contributed by atoms with Crippen LogP contribution in [0.1, 0.15) is 25.3 Å². The second kappa shape index (κ2) is 8.45. The van der Waals surface area contributed by atoms with Crippen molar-refractivity contribution < 1.29 is 19.4 Å². The molecule has 0 radical (unpaired) electrons. The predicted octanol–water partition coefficient (Wildman–Crippen LogP) is 3.69. The van der Waals surface area contributed by atoms with Gasteiger partial charge in [0.2, 0.25) is 5.90 Å². The van der Waals surface area contributed by atoms with Crippen molar-refractivity contribution in [3.8, 4) is 5.75 Å². The molecule has 126 valence electrons. The number of thioether (sulfide) groups is 1. The van der Waals surface area contributed by atoms with E-state index in [-0.39, 0.29) is 17.8 Å². The lowest BCUT2D eigenvalue weighted by molar-refractivity contribution is -0.136. The smallest absolute Gasteiger partial charge is 0.304 e. The normalized spacial score (nSPS) is 20.6. The number of aliphatic carboxylic acids is 1. The maximum absolute atomic E-state index is 10.7. The summed E-state index contributed by atoms with van der Waals surface area (Å²) < 4.78 is 11.4. The van der Waals surface area contributed by atoms with Crippen molar-refractivity contribution >= 4 is 35.2 Å². The van der Waals surface area contributed by atoms with E-state index in [1.165, 1.54) is 11.8 Å². The largest absolute Gasteiger partial charge is 0.496 e. The van der Waals surface area contributed by atoms with Crippen molar-refractivity contribution in [3.05, 3.63) is 28.8 Å². The highest BCUT2D eigenvalue weighted by Gasteiger charge is 2.29. The molecule has 1 aromatic rings. The van der Waals surface area contributed by atoms with Gasteiger partial charge in [-0.15, -0.1) is 11.8 Å². The maximum atomic E-state index is 10.7. The fraction of sp³-hybridized carbons (Fsp3) is 0.500. The van der Waals surface area contributed by atoms with Crippen molar-refractivity contribution in [2.24, 2.45) is 10.9 Å². The lowest BCUT2D eigenvalue weighted by Crippen LogP contribution is -2.32. The fourth-order valence-electron chi connectivity index (χ4n) is 2.27. The first-order valence-electron chi connectivity index (χ1n) is 7.43. The Hall–Kier alpha value is -1.40. The Kier molecular flexibility index (Phi) is 6.59. The van der Waals surface area contributed by atoms with Crippen LogP contribution < -0.4 is 4.74 Å². The number of rotatable bonds is 7. The van der Waals surface area contributed by atoms with Crippen LogP contribution in [-0.4, -0.2) is 41.8 Å². The summed E-state index contributed by atoms with van der Waals surface area (Å²) in [5.41, 5.74) is 0.655. The molecular formula is C16H20ClNO4S. The highest BCUT2D eigenvalue weighted by molar-refractivity contribution is 7.99. The molecule has 0 aliphatic carbocycles. The van der Waals surface area contributed by atoms with Gasteiger partial charge in [0, 0.05) is 16.7 Å². The van der Waals surface area contributed by atoms with Crippen LogP contribution in [0, 0.1) is 5.92 Å². The Bertz CT molecular complexity index is 593. The van der Waals surface area contributed by atoms with E-state index < -0.39 is 5.97 Å². The second-order valence-corrected chi connectivity index (χ2v) is 6.80. The standard InChI is InChI=1S/C16H20ClNO4S/c1-3-10-9-18-15(22-16(10)23-7-6-14(19)20)12-5-4-11(17)8-13(12)21-2/h4-5,8,10,16H,3,6-7,9H2,1-2H3,(H,19,20). The van der Waals surface area contributed by atoms with Gasteiger partial charge in [-0.2, -0.15) is 0 Å². The summed E-state index contributed by atoms with van der Waals surface area (Å²) in [4.78, 5) is 15.2. The first kappa shape index (κ1) is 17.9. The van der Waals surface area contributed by atoms with Crippen molar-refractivity contribution in [3.63, 3.8) is 0 Å². The number of methoxy groups -OCH3 is 1. The summed E-state index contributed by atoms with van der Waals surface area (Å²) >= 11 is 7.51. The molecule has 2 unspecified atom stereocenters. The van der Waals surface area contributed by atoms with Gasteiger partial charge >= 0.3 is 5.97 Å². The number of carboxylic acids is 1. The minimum atomic E-state index is -0.797. The number of nitrogens with zero attached hydrogens (tertiary/aromatic N) is 1. The highest BCUT2D eigenvalue weighted by Crippen LogP contribution is 2.32. The zero-order valence-corrected chi connectivity index (χ0v) is 14.7. The van der Waals surface area contributed by atoms with Crippen LogP contribution in [0.2, 0.25) is 5.02 Å². The van der Waals surface area contributed by atoms with Gasteiger partial charge in [-0.3, -0.25) is 9.79 Å². The van der Waals surface area contributed by atoms with Crippen molar-refractivity contribution in [1.29, 1.82) is 0 Å². The third-order valence-electron chi connectivity index (χ3n) is 3.60. The summed E-state index contributed by atoms with van der Waals surface area (Å²) in [5.74, 6) is 1.13. The van der Waals surface area contributed by atoms with E-state index in [1.54, 1.807) is 19.2 Å². The zero-order valence-electron chi connectivity index (χ0n) is 13.1. The molecule has 0 spiro atoms. The van der Waals surface area contributed by atoms with Crippen LogP contribution >= 0.6 is 23.4 Å². The van der Waals surface area contributed by atoms with Gasteiger partial charge in [-0.25, -0.2) is 0 Å². The predicted molar refractivity (Wildman–Crippen MR) is 92.8 cm³/mol. The van der Waals surface area contributed by atoms with Gasteiger partial charge in [0.05, 0.1) is 25.6 Å². The molecule has 1 N–H and O–H groups in total. The number of carboxylic acid groups (broad SMARTS) is 1. The molecule has 0 amide bonds. The highest BCUT2D eigenvalue weighted by atomic mass is 35.5.